The van der Waals surface area contributed by atoms with Crippen molar-refractivity contribution in [2.24, 2.45) is 5.92 Å². The Bertz CT molecular complexity index is 382. The van der Waals surface area contributed by atoms with Gasteiger partial charge < -0.3 is 0 Å². The molecule has 1 unspecified atom stereocenters. The molecule has 0 aliphatic heterocycles. The van der Waals surface area contributed by atoms with Crippen LogP contribution in [-0.2, 0) is 0 Å². The van der Waals surface area contributed by atoms with Crippen molar-refractivity contribution >= 4 is 17.1 Å². The Kier molecular flexibility index (Phi) is 5.32. The third-order valence-electron chi connectivity index (χ3n) is 3.25. The molecule has 2 aliphatic rings. The van der Waals surface area contributed by atoms with Gasteiger partial charge in [-0.25, -0.2) is 0 Å². The molecule has 0 radical (unpaired) electrons. The predicted molar refractivity (Wildman–Crippen MR) is 81.5 cm³/mol. The van der Waals surface area contributed by atoms with E-state index in [1.165, 1.54) is 41.6 Å². The van der Waals surface area contributed by atoms with Crippen molar-refractivity contribution in [3.8, 4) is 0 Å². The Hall–Kier alpha value is -0.690. The summed E-state index contributed by atoms with van der Waals surface area (Å²) in [5.74, 6) is 0.647. The number of allylic oxidation sites excluding steroid dienone is 5. The molecule has 0 nitrogen and oxygen atoms in total. The first-order chi connectivity index (χ1) is 8.02. The van der Waals surface area contributed by atoms with Gasteiger partial charge in [0.15, 0.2) is 0 Å². The van der Waals surface area contributed by atoms with Gasteiger partial charge in [0.25, 0.3) is 0 Å². The van der Waals surface area contributed by atoms with Gasteiger partial charge in [-0.05, 0) is 54.4 Å². The SMILES string of the molecule is C=C1C=C(C)C(=S)C2=C1C(C)CCC2.CCC. The smallest absolute Gasteiger partial charge is 0.0441 e. The van der Waals surface area contributed by atoms with Gasteiger partial charge in [-0.1, -0.05) is 52.1 Å². The van der Waals surface area contributed by atoms with Crippen LogP contribution in [0.4, 0.5) is 0 Å². The second-order valence-electron chi connectivity index (χ2n) is 5.07. The number of hydrogen-bond donors (Lipinski definition) is 0. The van der Waals surface area contributed by atoms with Crippen molar-refractivity contribution in [2.45, 2.75) is 53.4 Å². The molecule has 17 heavy (non-hydrogen) atoms. The fourth-order valence-electron chi connectivity index (χ4n) is 2.55. The third kappa shape index (κ3) is 3.16. The molecule has 0 saturated heterocycles. The van der Waals surface area contributed by atoms with Gasteiger partial charge in [0, 0.05) is 4.86 Å². The summed E-state index contributed by atoms with van der Waals surface area (Å²) in [6, 6.07) is 0. The highest BCUT2D eigenvalue weighted by atomic mass is 32.1. The fourth-order valence-corrected chi connectivity index (χ4v) is 2.82. The Balaban J connectivity index is 0.000000437. The second kappa shape index (κ2) is 6.30. The largest absolute Gasteiger partial charge is 0.0915 e. The Labute approximate surface area is 111 Å². The molecule has 1 heteroatoms. The summed E-state index contributed by atoms with van der Waals surface area (Å²) in [4.78, 5) is 1.08. The first kappa shape index (κ1) is 14.4. The fraction of sp³-hybridized carbons (Fsp3) is 0.562. The molecule has 0 fully saturated rings. The number of hydrogen-bond acceptors (Lipinski definition) is 1. The maximum atomic E-state index is 5.46. The molecule has 0 spiro atoms. The third-order valence-corrected chi connectivity index (χ3v) is 3.82. The van der Waals surface area contributed by atoms with Crippen molar-refractivity contribution in [2.75, 3.05) is 0 Å². The van der Waals surface area contributed by atoms with Crippen LogP contribution in [0.1, 0.15) is 53.4 Å². The maximum absolute atomic E-state index is 5.46. The normalized spacial score (nSPS) is 23.8. The highest BCUT2D eigenvalue weighted by Gasteiger charge is 2.26. The molecule has 0 heterocycles. The summed E-state index contributed by atoms with van der Waals surface area (Å²) in [6.45, 7) is 12.8. The van der Waals surface area contributed by atoms with Crippen LogP contribution in [-0.4, -0.2) is 4.86 Å². The molecule has 94 valence electrons. The molecule has 0 amide bonds. The zero-order valence-corrected chi connectivity index (χ0v) is 12.4. The van der Waals surface area contributed by atoms with Crippen LogP contribution in [0, 0.1) is 5.92 Å². The summed E-state index contributed by atoms with van der Waals surface area (Å²) < 4.78 is 0. The standard InChI is InChI=1S/C13H16S.C3H8/c1-8-5-4-6-11-12(8)9(2)7-10(3)13(11)14;1-3-2/h7-8H,2,4-6H2,1,3H3;3H2,1-2H3. The van der Waals surface area contributed by atoms with Gasteiger partial charge in [-0.2, -0.15) is 0 Å². The molecule has 0 aromatic rings. The zero-order valence-electron chi connectivity index (χ0n) is 11.6. The summed E-state index contributed by atoms with van der Waals surface area (Å²) in [7, 11) is 0. The van der Waals surface area contributed by atoms with E-state index in [4.69, 9.17) is 12.2 Å². The lowest BCUT2D eigenvalue weighted by Crippen LogP contribution is -2.19. The molecule has 0 bridgehead atoms. The van der Waals surface area contributed by atoms with E-state index in [0.29, 0.717) is 5.92 Å². The maximum Gasteiger partial charge on any atom is 0.0441 e. The van der Waals surface area contributed by atoms with E-state index >= 15 is 0 Å². The van der Waals surface area contributed by atoms with Gasteiger partial charge in [0.1, 0.15) is 0 Å². The van der Waals surface area contributed by atoms with Crippen molar-refractivity contribution in [3.63, 3.8) is 0 Å². The molecule has 0 N–H and O–H groups in total. The van der Waals surface area contributed by atoms with E-state index in [1.54, 1.807) is 0 Å². The van der Waals surface area contributed by atoms with Gasteiger partial charge in [-0.3, -0.25) is 0 Å². The van der Waals surface area contributed by atoms with Crippen LogP contribution in [0.3, 0.4) is 0 Å². The molecule has 2 rings (SSSR count). The van der Waals surface area contributed by atoms with Crippen LogP contribution in [0.25, 0.3) is 0 Å². The molecule has 0 aromatic heterocycles. The lowest BCUT2D eigenvalue weighted by molar-refractivity contribution is 0.551. The number of rotatable bonds is 0. The highest BCUT2D eigenvalue weighted by molar-refractivity contribution is 7.81. The van der Waals surface area contributed by atoms with Crippen LogP contribution < -0.4 is 0 Å². The summed E-state index contributed by atoms with van der Waals surface area (Å²) in [6.07, 6.45) is 7.11. The van der Waals surface area contributed by atoms with E-state index in [0.717, 1.165) is 11.3 Å². The van der Waals surface area contributed by atoms with Gasteiger partial charge in [-0.15, -0.1) is 0 Å². The quantitative estimate of drug-likeness (QED) is 0.517. The zero-order chi connectivity index (χ0) is 13.0. The molecular formula is C16H24S. The first-order valence-corrected chi connectivity index (χ1v) is 7.09. The summed E-state index contributed by atoms with van der Waals surface area (Å²) in [5, 5.41) is 0. The minimum Gasteiger partial charge on any atom is -0.0915 e. The Morgan fingerprint density at radius 3 is 2.59 bits per heavy atom. The summed E-state index contributed by atoms with van der Waals surface area (Å²) >= 11 is 5.46. The molecule has 0 saturated carbocycles. The van der Waals surface area contributed by atoms with Crippen LogP contribution in [0.2, 0.25) is 0 Å². The van der Waals surface area contributed by atoms with Crippen LogP contribution in [0.5, 0.6) is 0 Å². The second-order valence-corrected chi connectivity index (χ2v) is 5.48. The molecule has 0 aromatic carbocycles. The van der Waals surface area contributed by atoms with Gasteiger partial charge in [0.2, 0.25) is 0 Å². The summed E-state index contributed by atoms with van der Waals surface area (Å²) in [5.41, 5.74) is 5.26. The van der Waals surface area contributed by atoms with Crippen molar-refractivity contribution in [1.82, 2.24) is 0 Å². The average Bonchev–Trinajstić information content (AvgIpc) is 2.26. The van der Waals surface area contributed by atoms with E-state index < -0.39 is 0 Å². The molecule has 2 aliphatic carbocycles. The van der Waals surface area contributed by atoms with Crippen molar-refractivity contribution < 1.29 is 0 Å². The minimum absolute atomic E-state index is 0.647. The Morgan fingerprint density at radius 1 is 1.41 bits per heavy atom. The molecular weight excluding hydrogens is 224 g/mol. The lowest BCUT2D eigenvalue weighted by atomic mass is 9.75. The van der Waals surface area contributed by atoms with E-state index in [2.05, 4.69) is 40.3 Å². The van der Waals surface area contributed by atoms with Gasteiger partial charge in [0.05, 0.1) is 0 Å². The minimum atomic E-state index is 0.647. The van der Waals surface area contributed by atoms with E-state index in [1.807, 2.05) is 0 Å². The number of thiocarbonyl (C=S) groups is 1. The van der Waals surface area contributed by atoms with Crippen LogP contribution >= 0.6 is 12.2 Å². The Morgan fingerprint density at radius 2 is 2.00 bits per heavy atom. The monoisotopic (exact) mass is 248 g/mol. The van der Waals surface area contributed by atoms with E-state index in [-0.39, 0.29) is 0 Å². The first-order valence-electron chi connectivity index (χ1n) is 6.68. The predicted octanol–water partition coefficient (Wildman–Crippen LogP) is 5.41. The topological polar surface area (TPSA) is 0 Å². The molecule has 1 atom stereocenters. The van der Waals surface area contributed by atoms with E-state index in [9.17, 15) is 0 Å². The van der Waals surface area contributed by atoms with Crippen LogP contribution in [0.15, 0.2) is 34.9 Å². The highest BCUT2D eigenvalue weighted by Crippen LogP contribution is 2.39. The van der Waals surface area contributed by atoms with Crippen molar-refractivity contribution in [3.05, 3.63) is 34.9 Å². The van der Waals surface area contributed by atoms with Crippen molar-refractivity contribution in [1.29, 1.82) is 0 Å². The average molecular weight is 248 g/mol. The van der Waals surface area contributed by atoms with Gasteiger partial charge >= 0.3 is 0 Å². The lowest BCUT2D eigenvalue weighted by Gasteiger charge is -2.30.